The van der Waals surface area contributed by atoms with Crippen molar-refractivity contribution in [2.45, 2.75) is 83.1 Å². The first-order valence-corrected chi connectivity index (χ1v) is 7.22. The molecule has 0 aromatic carbocycles. The van der Waals surface area contributed by atoms with Crippen molar-refractivity contribution >= 4 is 0 Å². The first kappa shape index (κ1) is 14.0. The third kappa shape index (κ3) is 4.06. The summed E-state index contributed by atoms with van der Waals surface area (Å²) >= 11 is 0. The Bertz CT molecular complexity index is 174. The number of quaternary nitrogens is 1. The van der Waals surface area contributed by atoms with Crippen LogP contribution in [0.15, 0.2) is 0 Å². The van der Waals surface area contributed by atoms with E-state index in [9.17, 15) is 5.21 Å². The molecule has 1 fully saturated rings. The van der Waals surface area contributed by atoms with Gasteiger partial charge in [-0.05, 0) is 19.3 Å². The topological polar surface area (TPSA) is 27.5 Å². The summed E-state index contributed by atoms with van der Waals surface area (Å²) in [6.45, 7) is 2.25. The molecule has 1 rings (SSSR count). The third-order valence-electron chi connectivity index (χ3n) is 4.32. The van der Waals surface area contributed by atoms with Gasteiger partial charge in [0.15, 0.2) is 0 Å². The Morgan fingerprint density at radius 1 is 1.00 bits per heavy atom. The van der Waals surface area contributed by atoms with Gasteiger partial charge in [0.25, 0.3) is 0 Å². The second-order valence-electron chi connectivity index (χ2n) is 5.56. The fourth-order valence-corrected chi connectivity index (χ4v) is 3.07. The van der Waals surface area contributed by atoms with E-state index in [4.69, 9.17) is 0 Å². The van der Waals surface area contributed by atoms with Crippen molar-refractivity contribution in [2.24, 2.45) is 0 Å². The Hall–Kier alpha value is -0.0800. The number of unbranched alkanes of at least 4 members (excludes halogenated alkanes) is 4. The van der Waals surface area contributed by atoms with Crippen molar-refractivity contribution in [3.8, 4) is 0 Å². The van der Waals surface area contributed by atoms with Crippen LogP contribution >= 0.6 is 0 Å². The molecule has 0 aromatic heterocycles. The van der Waals surface area contributed by atoms with Gasteiger partial charge in [-0.15, -0.1) is 0 Å². The molecule has 0 amide bonds. The summed E-state index contributed by atoms with van der Waals surface area (Å²) in [5.41, 5.74) is 0.0878. The zero-order valence-electron chi connectivity index (χ0n) is 11.2. The lowest BCUT2D eigenvalue weighted by Crippen LogP contribution is -3.13. The van der Waals surface area contributed by atoms with Gasteiger partial charge < -0.3 is 10.3 Å². The van der Waals surface area contributed by atoms with Crippen molar-refractivity contribution in [1.29, 1.82) is 0 Å². The fraction of sp³-hybridized carbons (Fsp3) is 1.00. The molecule has 1 aliphatic rings. The van der Waals surface area contributed by atoms with Gasteiger partial charge in [0, 0.05) is 19.3 Å². The largest absolute Gasteiger partial charge is 0.634 e. The van der Waals surface area contributed by atoms with E-state index in [1.165, 1.54) is 51.4 Å². The van der Waals surface area contributed by atoms with Gasteiger partial charge in [-0.1, -0.05) is 39.0 Å². The molecule has 1 saturated carbocycles. The van der Waals surface area contributed by atoms with Crippen LogP contribution in [0.3, 0.4) is 0 Å². The van der Waals surface area contributed by atoms with Gasteiger partial charge in [0.2, 0.25) is 0 Å². The molecule has 1 unspecified atom stereocenters. The van der Waals surface area contributed by atoms with Gasteiger partial charge in [-0.25, -0.2) is 0 Å². The van der Waals surface area contributed by atoms with Crippen LogP contribution in [0.1, 0.15) is 77.6 Å². The molecule has 0 radical (unpaired) electrons. The Morgan fingerprint density at radius 3 is 2.19 bits per heavy atom. The summed E-state index contributed by atoms with van der Waals surface area (Å²) < 4.78 is 0. The van der Waals surface area contributed by atoms with E-state index in [1.54, 1.807) is 0 Å². The fourth-order valence-electron chi connectivity index (χ4n) is 3.07. The molecule has 0 bridgehead atoms. The Balaban J connectivity index is 2.27. The Kier molecular flexibility index (Phi) is 6.37. The average molecular weight is 227 g/mol. The van der Waals surface area contributed by atoms with Crippen LogP contribution in [0.5, 0.6) is 0 Å². The van der Waals surface area contributed by atoms with E-state index < -0.39 is 0 Å². The van der Waals surface area contributed by atoms with Crippen LogP contribution < -0.4 is 5.06 Å². The number of hydroxylamine groups is 2. The summed E-state index contributed by atoms with van der Waals surface area (Å²) in [4.78, 5) is 0. The van der Waals surface area contributed by atoms with Gasteiger partial charge >= 0.3 is 0 Å². The zero-order chi connectivity index (χ0) is 11.9. The van der Waals surface area contributed by atoms with Crippen molar-refractivity contribution in [3.05, 3.63) is 5.21 Å². The highest BCUT2D eigenvalue weighted by atomic mass is 16.5. The second-order valence-corrected chi connectivity index (χ2v) is 5.56. The maximum absolute atomic E-state index is 11.8. The third-order valence-corrected chi connectivity index (χ3v) is 4.32. The van der Waals surface area contributed by atoms with E-state index in [0.29, 0.717) is 5.06 Å². The summed E-state index contributed by atoms with van der Waals surface area (Å²) in [5.74, 6) is 0. The molecule has 1 aliphatic carbocycles. The maximum Gasteiger partial charge on any atom is 0.0971 e. The molecule has 0 heterocycles. The number of hydrogen-bond acceptors (Lipinski definition) is 1. The lowest BCUT2D eigenvalue weighted by Gasteiger charge is -2.44. The highest BCUT2D eigenvalue weighted by Gasteiger charge is 2.35. The first-order valence-electron chi connectivity index (χ1n) is 7.22. The van der Waals surface area contributed by atoms with E-state index in [2.05, 4.69) is 6.92 Å². The van der Waals surface area contributed by atoms with Crippen LogP contribution in [-0.2, 0) is 0 Å². The summed E-state index contributed by atoms with van der Waals surface area (Å²) in [5, 5.41) is 12.3. The normalized spacial score (nSPS) is 21.9. The predicted molar refractivity (Wildman–Crippen MR) is 69.4 cm³/mol. The van der Waals surface area contributed by atoms with Crippen LogP contribution in [0, 0.1) is 5.21 Å². The Labute approximate surface area is 101 Å². The maximum atomic E-state index is 11.8. The van der Waals surface area contributed by atoms with Crippen LogP contribution in [-0.4, -0.2) is 12.6 Å². The minimum absolute atomic E-state index is 0.0878. The molecule has 0 saturated heterocycles. The SMILES string of the molecule is CCCCCCCC1([NH+](C)[O-])CCCCC1. The molecular weight excluding hydrogens is 198 g/mol. The zero-order valence-corrected chi connectivity index (χ0v) is 11.2. The lowest BCUT2D eigenvalue weighted by molar-refractivity contribution is -0.888. The number of nitrogens with one attached hydrogen (secondary N) is 1. The lowest BCUT2D eigenvalue weighted by atomic mass is 9.78. The van der Waals surface area contributed by atoms with Crippen LogP contribution in [0.4, 0.5) is 0 Å². The predicted octanol–water partition coefficient (Wildman–Crippen LogP) is 3.06. The van der Waals surface area contributed by atoms with E-state index in [0.717, 1.165) is 19.3 Å². The minimum atomic E-state index is 0.0878. The molecular formula is C14H29NO. The molecule has 96 valence electrons. The highest BCUT2D eigenvalue weighted by Crippen LogP contribution is 2.30. The van der Waals surface area contributed by atoms with Gasteiger partial charge in [0.1, 0.15) is 0 Å². The van der Waals surface area contributed by atoms with E-state index in [-0.39, 0.29) is 5.54 Å². The number of rotatable bonds is 7. The molecule has 16 heavy (non-hydrogen) atoms. The number of hydrogen-bond donors (Lipinski definition) is 1. The quantitative estimate of drug-likeness (QED) is 0.525. The molecule has 1 N–H and O–H groups in total. The summed E-state index contributed by atoms with van der Waals surface area (Å²) in [6, 6.07) is 0. The second kappa shape index (κ2) is 7.29. The van der Waals surface area contributed by atoms with Crippen molar-refractivity contribution in [1.82, 2.24) is 0 Å². The molecule has 0 spiro atoms. The van der Waals surface area contributed by atoms with Gasteiger partial charge in [0.05, 0.1) is 12.6 Å². The van der Waals surface area contributed by atoms with Crippen molar-refractivity contribution < 1.29 is 5.06 Å². The van der Waals surface area contributed by atoms with Crippen molar-refractivity contribution in [3.63, 3.8) is 0 Å². The first-order chi connectivity index (χ1) is 7.71. The highest BCUT2D eigenvalue weighted by molar-refractivity contribution is 4.82. The minimum Gasteiger partial charge on any atom is -0.634 e. The van der Waals surface area contributed by atoms with Crippen LogP contribution in [0.25, 0.3) is 0 Å². The van der Waals surface area contributed by atoms with E-state index >= 15 is 0 Å². The standard InChI is InChI=1S/C14H29NO/c1-3-4-5-6-8-11-14(15(2)16)12-9-7-10-13-14/h15H,3-13H2,1-2H3. The average Bonchev–Trinajstić information content (AvgIpc) is 2.30. The molecule has 2 nitrogen and oxygen atoms in total. The monoisotopic (exact) mass is 227 g/mol. The van der Waals surface area contributed by atoms with Gasteiger partial charge in [-0.3, -0.25) is 0 Å². The molecule has 1 atom stereocenters. The summed E-state index contributed by atoms with van der Waals surface area (Å²) in [6.07, 6.45) is 14.0. The summed E-state index contributed by atoms with van der Waals surface area (Å²) in [7, 11) is 1.82. The van der Waals surface area contributed by atoms with Crippen molar-refractivity contribution in [2.75, 3.05) is 7.05 Å². The molecule has 0 aromatic rings. The molecule has 0 aliphatic heterocycles. The van der Waals surface area contributed by atoms with Gasteiger partial charge in [-0.2, -0.15) is 0 Å². The Morgan fingerprint density at radius 2 is 1.62 bits per heavy atom. The molecule has 2 heteroatoms. The van der Waals surface area contributed by atoms with Crippen LogP contribution in [0.2, 0.25) is 0 Å². The van der Waals surface area contributed by atoms with E-state index in [1.807, 2.05) is 7.05 Å². The smallest absolute Gasteiger partial charge is 0.0971 e.